The van der Waals surface area contributed by atoms with Gasteiger partial charge in [0.25, 0.3) is 0 Å². The van der Waals surface area contributed by atoms with E-state index in [2.05, 4.69) is 10.3 Å². The third-order valence-corrected chi connectivity index (χ3v) is 3.73. The highest BCUT2D eigenvalue weighted by atomic mass is 16.3. The van der Waals surface area contributed by atoms with Crippen molar-refractivity contribution >= 4 is 22.9 Å². The van der Waals surface area contributed by atoms with Gasteiger partial charge in [0.15, 0.2) is 0 Å². The summed E-state index contributed by atoms with van der Waals surface area (Å²) in [5, 5.41) is 13.3. The lowest BCUT2D eigenvalue weighted by molar-refractivity contribution is -0.117. The van der Waals surface area contributed by atoms with Crippen molar-refractivity contribution in [3.63, 3.8) is 0 Å². The van der Waals surface area contributed by atoms with E-state index in [1.165, 1.54) is 6.08 Å². The van der Waals surface area contributed by atoms with E-state index in [0.29, 0.717) is 5.69 Å². The smallest absolute Gasteiger partial charge is 0.244 e. The number of fused-ring (bicyclic) bond motifs is 1. The SMILES string of the molecule is O=C(/C=C/c1ccc2ccccc2n1)NC(CO)c1ccccc1. The number of rotatable bonds is 5. The van der Waals surface area contributed by atoms with Crippen LogP contribution in [0, 0.1) is 0 Å². The number of aliphatic hydroxyl groups is 1. The number of para-hydroxylation sites is 1. The summed E-state index contributed by atoms with van der Waals surface area (Å²) in [6.07, 6.45) is 3.10. The van der Waals surface area contributed by atoms with Crippen LogP contribution in [-0.2, 0) is 4.79 Å². The van der Waals surface area contributed by atoms with Gasteiger partial charge in [-0.25, -0.2) is 4.98 Å². The van der Waals surface area contributed by atoms with Crippen LogP contribution >= 0.6 is 0 Å². The standard InChI is InChI=1S/C20H18N2O2/c23-14-19(15-6-2-1-3-7-15)22-20(24)13-12-17-11-10-16-8-4-5-9-18(16)21-17/h1-13,19,23H,14H2,(H,22,24)/b13-12+. The number of benzene rings is 2. The van der Waals surface area contributed by atoms with Crippen LogP contribution < -0.4 is 5.32 Å². The van der Waals surface area contributed by atoms with Gasteiger partial charge < -0.3 is 10.4 Å². The number of carbonyl (C=O) groups excluding carboxylic acids is 1. The Morgan fingerprint density at radius 3 is 2.58 bits per heavy atom. The third kappa shape index (κ3) is 3.86. The second-order valence-electron chi connectivity index (χ2n) is 5.42. The molecule has 0 fully saturated rings. The van der Waals surface area contributed by atoms with Crippen LogP contribution in [0.3, 0.4) is 0 Å². The molecule has 0 aliphatic heterocycles. The molecular formula is C20H18N2O2. The molecule has 0 aliphatic rings. The molecule has 0 saturated heterocycles. The summed E-state index contributed by atoms with van der Waals surface area (Å²) >= 11 is 0. The molecule has 1 amide bonds. The number of nitrogens with zero attached hydrogens (tertiary/aromatic N) is 1. The second kappa shape index (κ2) is 7.53. The third-order valence-electron chi connectivity index (χ3n) is 3.73. The van der Waals surface area contributed by atoms with Crippen molar-refractivity contribution < 1.29 is 9.90 Å². The van der Waals surface area contributed by atoms with Crippen LogP contribution in [-0.4, -0.2) is 22.6 Å². The molecule has 1 unspecified atom stereocenters. The Hall–Kier alpha value is -2.98. The molecular weight excluding hydrogens is 300 g/mol. The van der Waals surface area contributed by atoms with Crippen molar-refractivity contribution in [1.82, 2.24) is 10.3 Å². The Morgan fingerprint density at radius 1 is 1.04 bits per heavy atom. The van der Waals surface area contributed by atoms with E-state index < -0.39 is 6.04 Å². The van der Waals surface area contributed by atoms with Crippen LogP contribution in [0.15, 0.2) is 72.8 Å². The van der Waals surface area contributed by atoms with Gasteiger partial charge in [-0.15, -0.1) is 0 Å². The van der Waals surface area contributed by atoms with Crippen molar-refractivity contribution in [3.8, 4) is 0 Å². The fourth-order valence-electron chi connectivity index (χ4n) is 2.48. The lowest BCUT2D eigenvalue weighted by Gasteiger charge is -2.15. The van der Waals surface area contributed by atoms with Crippen LogP contribution in [0.25, 0.3) is 17.0 Å². The normalized spacial score (nSPS) is 12.4. The van der Waals surface area contributed by atoms with Gasteiger partial charge >= 0.3 is 0 Å². The molecule has 4 nitrogen and oxygen atoms in total. The molecule has 24 heavy (non-hydrogen) atoms. The first-order valence-corrected chi connectivity index (χ1v) is 7.76. The lowest BCUT2D eigenvalue weighted by atomic mass is 10.1. The first kappa shape index (κ1) is 15.9. The van der Waals surface area contributed by atoms with E-state index >= 15 is 0 Å². The summed E-state index contributed by atoms with van der Waals surface area (Å²) in [6, 6.07) is 20.6. The lowest BCUT2D eigenvalue weighted by Crippen LogP contribution is -2.29. The van der Waals surface area contributed by atoms with Crippen molar-refractivity contribution in [2.75, 3.05) is 6.61 Å². The maximum absolute atomic E-state index is 12.1. The zero-order valence-corrected chi connectivity index (χ0v) is 13.1. The van der Waals surface area contributed by atoms with Crippen molar-refractivity contribution in [3.05, 3.63) is 84.1 Å². The van der Waals surface area contributed by atoms with Gasteiger partial charge in [-0.1, -0.05) is 54.6 Å². The zero-order chi connectivity index (χ0) is 16.8. The molecule has 4 heteroatoms. The predicted molar refractivity (Wildman–Crippen MR) is 95.2 cm³/mol. The van der Waals surface area contributed by atoms with E-state index in [0.717, 1.165) is 16.5 Å². The average molecular weight is 318 g/mol. The Bertz CT molecular complexity index is 860. The highest BCUT2D eigenvalue weighted by Gasteiger charge is 2.11. The fourth-order valence-corrected chi connectivity index (χ4v) is 2.48. The molecule has 0 aliphatic carbocycles. The summed E-state index contributed by atoms with van der Waals surface area (Å²) in [7, 11) is 0. The number of pyridine rings is 1. The van der Waals surface area contributed by atoms with Gasteiger partial charge in [0.1, 0.15) is 0 Å². The first-order chi connectivity index (χ1) is 11.8. The number of nitrogens with one attached hydrogen (secondary N) is 1. The molecule has 2 aromatic carbocycles. The van der Waals surface area contributed by atoms with Crippen molar-refractivity contribution in [1.29, 1.82) is 0 Å². The summed E-state index contributed by atoms with van der Waals surface area (Å²) in [4.78, 5) is 16.6. The largest absolute Gasteiger partial charge is 0.394 e. The Morgan fingerprint density at radius 2 is 1.79 bits per heavy atom. The molecule has 2 N–H and O–H groups in total. The minimum Gasteiger partial charge on any atom is -0.394 e. The monoisotopic (exact) mass is 318 g/mol. The van der Waals surface area contributed by atoms with Crippen LogP contribution in [0.2, 0.25) is 0 Å². The molecule has 0 spiro atoms. The quantitative estimate of drug-likeness (QED) is 0.711. The van der Waals surface area contributed by atoms with Gasteiger partial charge in [-0.2, -0.15) is 0 Å². The van der Waals surface area contributed by atoms with Crippen molar-refractivity contribution in [2.24, 2.45) is 0 Å². The van der Waals surface area contributed by atoms with Crippen molar-refractivity contribution in [2.45, 2.75) is 6.04 Å². The fraction of sp³-hybridized carbons (Fsp3) is 0.100. The van der Waals surface area contributed by atoms with E-state index in [9.17, 15) is 9.90 Å². The molecule has 120 valence electrons. The number of hydrogen-bond donors (Lipinski definition) is 2. The van der Waals surface area contributed by atoms with Gasteiger partial charge in [0.2, 0.25) is 5.91 Å². The predicted octanol–water partition coefficient (Wildman–Crippen LogP) is 3.10. The van der Waals surface area contributed by atoms with Gasteiger partial charge in [-0.05, 0) is 23.8 Å². The minimum atomic E-state index is -0.423. The van der Waals surface area contributed by atoms with Gasteiger partial charge in [0, 0.05) is 11.5 Å². The summed E-state index contributed by atoms with van der Waals surface area (Å²) in [5.74, 6) is -0.270. The van der Waals surface area contributed by atoms with Gasteiger partial charge in [0.05, 0.1) is 23.9 Å². The summed E-state index contributed by atoms with van der Waals surface area (Å²) in [6.45, 7) is -0.155. The van der Waals surface area contributed by atoms with Crippen LogP contribution in [0.5, 0.6) is 0 Å². The molecule has 3 rings (SSSR count). The Labute approximate surface area is 140 Å². The highest BCUT2D eigenvalue weighted by Crippen LogP contribution is 2.13. The summed E-state index contributed by atoms with van der Waals surface area (Å²) in [5.41, 5.74) is 2.47. The molecule has 1 heterocycles. The highest BCUT2D eigenvalue weighted by molar-refractivity contribution is 5.92. The zero-order valence-electron chi connectivity index (χ0n) is 13.1. The number of aliphatic hydroxyl groups excluding tert-OH is 1. The van der Waals surface area contributed by atoms with Gasteiger partial charge in [-0.3, -0.25) is 4.79 Å². The van der Waals surface area contributed by atoms with Crippen LogP contribution in [0.4, 0.5) is 0 Å². The molecule has 1 aromatic heterocycles. The minimum absolute atomic E-state index is 0.155. The van der Waals surface area contributed by atoms with E-state index in [1.807, 2.05) is 66.7 Å². The number of amides is 1. The van der Waals surface area contributed by atoms with E-state index in [1.54, 1.807) is 6.08 Å². The molecule has 0 radical (unpaired) electrons. The average Bonchev–Trinajstić information content (AvgIpc) is 2.65. The molecule has 0 bridgehead atoms. The Balaban J connectivity index is 1.69. The molecule has 3 aromatic rings. The number of carbonyl (C=O) groups is 1. The topological polar surface area (TPSA) is 62.2 Å². The van der Waals surface area contributed by atoms with E-state index in [4.69, 9.17) is 0 Å². The maximum Gasteiger partial charge on any atom is 0.244 e. The maximum atomic E-state index is 12.1. The molecule has 0 saturated carbocycles. The van der Waals surface area contributed by atoms with Crippen LogP contribution in [0.1, 0.15) is 17.3 Å². The second-order valence-corrected chi connectivity index (χ2v) is 5.42. The first-order valence-electron chi connectivity index (χ1n) is 7.76. The number of hydrogen-bond acceptors (Lipinski definition) is 3. The summed E-state index contributed by atoms with van der Waals surface area (Å²) < 4.78 is 0. The van der Waals surface area contributed by atoms with E-state index in [-0.39, 0.29) is 12.5 Å². The number of aromatic nitrogens is 1. The molecule has 1 atom stereocenters. The Kier molecular flexibility index (Phi) is 4.99.